The van der Waals surface area contributed by atoms with Crippen LogP contribution in [0.1, 0.15) is 11.1 Å². The van der Waals surface area contributed by atoms with Gasteiger partial charge in [-0.25, -0.2) is 5.43 Å². The van der Waals surface area contributed by atoms with E-state index in [2.05, 4.69) is 15.8 Å². The van der Waals surface area contributed by atoms with Gasteiger partial charge in [-0.3, -0.25) is 9.59 Å². The number of nitrogens with one attached hydrogen (secondary N) is 2. The van der Waals surface area contributed by atoms with Crippen molar-refractivity contribution in [3.63, 3.8) is 0 Å². The van der Waals surface area contributed by atoms with E-state index < -0.39 is 5.91 Å². The molecule has 0 aromatic heterocycles. The van der Waals surface area contributed by atoms with Gasteiger partial charge in [0, 0.05) is 6.08 Å². The van der Waals surface area contributed by atoms with Gasteiger partial charge in [0.25, 0.3) is 5.91 Å². The van der Waals surface area contributed by atoms with E-state index in [0.29, 0.717) is 11.5 Å². The number of hydrogen-bond donors (Lipinski definition) is 2. The van der Waals surface area contributed by atoms with Gasteiger partial charge in [-0.05, 0) is 47.5 Å². The highest BCUT2D eigenvalue weighted by Gasteiger charge is 2.12. The van der Waals surface area contributed by atoms with Crippen molar-refractivity contribution in [2.24, 2.45) is 5.10 Å². The number of nitrogens with zero attached hydrogens (tertiary/aromatic N) is 1. The molecule has 8 heteroatoms. The van der Waals surface area contributed by atoms with Gasteiger partial charge in [-0.1, -0.05) is 12.1 Å². The van der Waals surface area contributed by atoms with Crippen molar-refractivity contribution in [3.8, 4) is 17.2 Å². The summed E-state index contributed by atoms with van der Waals surface area (Å²) < 4.78 is 15.6. The number of rotatable bonds is 7. The SMILES string of the molecule is COc1ccc(/C=C/C(=O)NCC(=O)N/N=C/c2ccc3c(c2)OCO3)cc1. The predicted octanol–water partition coefficient (Wildman–Crippen LogP) is 1.70. The lowest BCUT2D eigenvalue weighted by Crippen LogP contribution is -2.34. The first-order valence-corrected chi connectivity index (χ1v) is 8.45. The maximum absolute atomic E-state index is 11.8. The van der Waals surface area contributed by atoms with Gasteiger partial charge in [0.1, 0.15) is 5.75 Å². The molecule has 0 spiro atoms. The first kappa shape index (κ1) is 19.0. The van der Waals surface area contributed by atoms with Gasteiger partial charge in [0.2, 0.25) is 12.7 Å². The normalized spacial score (nSPS) is 12.3. The summed E-state index contributed by atoms with van der Waals surface area (Å²) in [6.07, 6.45) is 4.47. The third kappa shape index (κ3) is 5.34. The van der Waals surface area contributed by atoms with Crippen molar-refractivity contribution < 1.29 is 23.8 Å². The van der Waals surface area contributed by atoms with Crippen LogP contribution in [0.15, 0.2) is 53.6 Å². The van der Waals surface area contributed by atoms with E-state index in [1.54, 1.807) is 43.5 Å². The second kappa shape index (κ2) is 9.22. The number of carbonyl (C=O) groups excluding carboxylic acids is 2. The van der Waals surface area contributed by atoms with Crippen molar-refractivity contribution in [2.75, 3.05) is 20.4 Å². The second-order valence-electron chi connectivity index (χ2n) is 5.73. The summed E-state index contributed by atoms with van der Waals surface area (Å²) in [6, 6.07) is 12.5. The molecule has 1 heterocycles. The number of benzene rings is 2. The van der Waals surface area contributed by atoms with Crippen molar-refractivity contribution in [2.45, 2.75) is 0 Å². The Balaban J connectivity index is 1.40. The monoisotopic (exact) mass is 381 g/mol. The molecule has 0 aliphatic carbocycles. The van der Waals surface area contributed by atoms with Crippen LogP contribution >= 0.6 is 0 Å². The first-order valence-electron chi connectivity index (χ1n) is 8.45. The summed E-state index contributed by atoms with van der Waals surface area (Å²) in [7, 11) is 1.59. The zero-order chi connectivity index (χ0) is 19.8. The van der Waals surface area contributed by atoms with E-state index in [1.807, 2.05) is 12.1 Å². The molecule has 2 aromatic rings. The Labute approximate surface area is 161 Å². The minimum Gasteiger partial charge on any atom is -0.497 e. The Morgan fingerprint density at radius 1 is 1.11 bits per heavy atom. The molecule has 0 fully saturated rings. The van der Waals surface area contributed by atoms with Crippen molar-refractivity contribution in [1.29, 1.82) is 0 Å². The fourth-order valence-electron chi connectivity index (χ4n) is 2.33. The minimum atomic E-state index is -0.441. The van der Waals surface area contributed by atoms with E-state index in [0.717, 1.165) is 16.9 Å². The lowest BCUT2D eigenvalue weighted by molar-refractivity contribution is -0.123. The lowest BCUT2D eigenvalue weighted by atomic mass is 10.2. The summed E-state index contributed by atoms with van der Waals surface area (Å²) >= 11 is 0. The Kier molecular flexibility index (Phi) is 6.25. The molecule has 1 aliphatic heterocycles. The van der Waals surface area contributed by atoms with E-state index in [9.17, 15) is 9.59 Å². The van der Waals surface area contributed by atoms with E-state index >= 15 is 0 Å². The molecule has 2 amide bonds. The highest BCUT2D eigenvalue weighted by Crippen LogP contribution is 2.31. The molecule has 0 atom stereocenters. The molecule has 0 unspecified atom stereocenters. The van der Waals surface area contributed by atoms with Crippen LogP contribution in [0.3, 0.4) is 0 Å². The zero-order valence-electron chi connectivity index (χ0n) is 15.2. The molecule has 0 radical (unpaired) electrons. The number of ether oxygens (including phenoxy) is 3. The second-order valence-corrected chi connectivity index (χ2v) is 5.73. The highest BCUT2D eigenvalue weighted by atomic mass is 16.7. The molecule has 3 rings (SSSR count). The van der Waals surface area contributed by atoms with Crippen molar-refractivity contribution >= 4 is 24.1 Å². The largest absolute Gasteiger partial charge is 0.497 e. The maximum Gasteiger partial charge on any atom is 0.259 e. The topological polar surface area (TPSA) is 98.2 Å². The number of methoxy groups -OCH3 is 1. The molecule has 2 aromatic carbocycles. The van der Waals surface area contributed by atoms with Gasteiger partial charge in [-0.15, -0.1) is 0 Å². The number of amides is 2. The Morgan fingerprint density at radius 2 is 1.86 bits per heavy atom. The third-order valence-electron chi connectivity index (χ3n) is 3.77. The minimum absolute atomic E-state index is 0.190. The molecule has 144 valence electrons. The molecule has 2 N–H and O–H groups in total. The van der Waals surface area contributed by atoms with Crippen LogP contribution in [0.4, 0.5) is 0 Å². The molecular weight excluding hydrogens is 362 g/mol. The molecule has 0 saturated carbocycles. The maximum atomic E-state index is 11.8. The number of hydrogen-bond acceptors (Lipinski definition) is 6. The van der Waals surface area contributed by atoms with Crippen molar-refractivity contribution in [1.82, 2.24) is 10.7 Å². The van der Waals surface area contributed by atoms with E-state index in [1.165, 1.54) is 12.3 Å². The lowest BCUT2D eigenvalue weighted by Gasteiger charge is -2.02. The Hall–Kier alpha value is -3.81. The number of fused-ring (bicyclic) bond motifs is 1. The van der Waals surface area contributed by atoms with Gasteiger partial charge in [0.15, 0.2) is 11.5 Å². The van der Waals surface area contributed by atoms with Gasteiger partial charge in [-0.2, -0.15) is 5.10 Å². The molecular formula is C20H19N3O5. The van der Waals surface area contributed by atoms with E-state index in [-0.39, 0.29) is 19.2 Å². The molecule has 8 nitrogen and oxygen atoms in total. The van der Waals surface area contributed by atoms with Crippen LogP contribution in [0.25, 0.3) is 6.08 Å². The molecule has 1 aliphatic rings. The van der Waals surface area contributed by atoms with Gasteiger partial charge < -0.3 is 19.5 Å². The van der Waals surface area contributed by atoms with Crippen LogP contribution in [0.5, 0.6) is 17.2 Å². The van der Waals surface area contributed by atoms with Gasteiger partial charge >= 0.3 is 0 Å². The van der Waals surface area contributed by atoms with Crippen LogP contribution in [0.2, 0.25) is 0 Å². The molecule has 28 heavy (non-hydrogen) atoms. The summed E-state index contributed by atoms with van der Waals surface area (Å²) in [6.45, 7) is 0.00351. The Bertz CT molecular complexity index is 907. The van der Waals surface area contributed by atoms with Crippen LogP contribution in [-0.4, -0.2) is 38.5 Å². The fraction of sp³-hybridized carbons (Fsp3) is 0.150. The predicted molar refractivity (Wildman–Crippen MR) is 103 cm³/mol. The fourth-order valence-corrected chi connectivity index (χ4v) is 2.33. The average molecular weight is 381 g/mol. The average Bonchev–Trinajstić information content (AvgIpc) is 3.19. The summed E-state index contributed by atoms with van der Waals surface area (Å²) in [5.41, 5.74) is 3.93. The van der Waals surface area contributed by atoms with E-state index in [4.69, 9.17) is 14.2 Å². The molecule has 0 saturated heterocycles. The van der Waals surface area contributed by atoms with Crippen LogP contribution < -0.4 is 25.0 Å². The standard InChI is InChI=1S/C20H19N3O5/c1-26-16-6-2-14(3-7-16)5-9-19(24)21-12-20(25)23-22-11-15-4-8-17-18(10-15)28-13-27-17/h2-11H,12-13H2,1H3,(H,21,24)(H,23,25)/b9-5+,22-11+. The molecule has 0 bridgehead atoms. The summed E-state index contributed by atoms with van der Waals surface area (Å²) in [5, 5.41) is 6.34. The van der Waals surface area contributed by atoms with Crippen molar-refractivity contribution in [3.05, 3.63) is 59.7 Å². The third-order valence-corrected chi connectivity index (χ3v) is 3.77. The number of carbonyl (C=O) groups is 2. The summed E-state index contributed by atoms with van der Waals surface area (Å²) in [4.78, 5) is 23.5. The highest BCUT2D eigenvalue weighted by molar-refractivity contribution is 5.94. The Morgan fingerprint density at radius 3 is 2.64 bits per heavy atom. The number of hydrazone groups is 1. The first-order chi connectivity index (χ1) is 13.6. The van der Waals surface area contributed by atoms with Crippen LogP contribution in [0, 0.1) is 0 Å². The zero-order valence-corrected chi connectivity index (χ0v) is 15.2. The van der Waals surface area contributed by atoms with Gasteiger partial charge in [0.05, 0.1) is 19.9 Å². The quantitative estimate of drug-likeness (QED) is 0.432. The smallest absolute Gasteiger partial charge is 0.259 e. The van der Waals surface area contributed by atoms with Crippen LogP contribution in [-0.2, 0) is 9.59 Å². The summed E-state index contributed by atoms with van der Waals surface area (Å²) in [5.74, 6) is 1.21.